The fourth-order valence-corrected chi connectivity index (χ4v) is 2.16. The molecule has 1 aromatic rings. The molecule has 98 valence electrons. The van der Waals surface area contributed by atoms with Gasteiger partial charge in [0.1, 0.15) is 0 Å². The summed E-state index contributed by atoms with van der Waals surface area (Å²) in [5, 5.41) is 0.721. The zero-order chi connectivity index (χ0) is 13.7. The van der Waals surface area contributed by atoms with E-state index in [0.717, 1.165) is 0 Å². The molecule has 18 heavy (non-hydrogen) atoms. The predicted molar refractivity (Wildman–Crippen MR) is 76.6 cm³/mol. The van der Waals surface area contributed by atoms with Crippen LogP contribution in [0.1, 0.15) is 27.7 Å². The summed E-state index contributed by atoms with van der Waals surface area (Å²) in [4.78, 5) is 0. The third-order valence-electron chi connectivity index (χ3n) is 3.65. The third kappa shape index (κ3) is 2.12. The van der Waals surface area contributed by atoms with Gasteiger partial charge in [0.05, 0.1) is 26.9 Å². The van der Waals surface area contributed by atoms with Crippen molar-refractivity contribution in [3.8, 4) is 0 Å². The summed E-state index contributed by atoms with van der Waals surface area (Å²) in [5.74, 6) is 0. The molecule has 0 spiro atoms. The van der Waals surface area contributed by atoms with E-state index >= 15 is 0 Å². The van der Waals surface area contributed by atoms with Crippen LogP contribution in [0.2, 0.25) is 10.0 Å². The molecule has 2 N–H and O–H groups in total. The lowest BCUT2D eigenvalue weighted by atomic mass is 9.79. The molecular weight excluding hydrogens is 272 g/mol. The Kier molecular flexibility index (Phi) is 3.35. The molecule has 0 radical (unpaired) electrons. The van der Waals surface area contributed by atoms with Crippen LogP contribution in [0.4, 0.5) is 5.69 Å². The molecule has 6 heteroatoms. The summed E-state index contributed by atoms with van der Waals surface area (Å²) in [6.45, 7) is 7.94. The van der Waals surface area contributed by atoms with Crippen LogP contribution in [0.15, 0.2) is 12.1 Å². The van der Waals surface area contributed by atoms with E-state index in [2.05, 4.69) is 0 Å². The molecule has 0 unspecified atom stereocenters. The number of hydrogen-bond donors (Lipinski definition) is 1. The third-order valence-corrected chi connectivity index (χ3v) is 4.56. The quantitative estimate of drug-likeness (QED) is 0.638. The first-order valence-electron chi connectivity index (χ1n) is 5.75. The van der Waals surface area contributed by atoms with Crippen LogP contribution in [0.5, 0.6) is 0 Å². The van der Waals surface area contributed by atoms with Crippen LogP contribution in [0.25, 0.3) is 0 Å². The van der Waals surface area contributed by atoms with Gasteiger partial charge in [0, 0.05) is 5.46 Å². The van der Waals surface area contributed by atoms with Gasteiger partial charge in [0.25, 0.3) is 0 Å². The highest BCUT2D eigenvalue weighted by atomic mass is 35.5. The summed E-state index contributed by atoms with van der Waals surface area (Å²) in [6.07, 6.45) is 0. The van der Waals surface area contributed by atoms with E-state index in [4.69, 9.17) is 38.2 Å². The summed E-state index contributed by atoms with van der Waals surface area (Å²) in [7, 11) is -0.527. The van der Waals surface area contributed by atoms with Crippen molar-refractivity contribution >= 4 is 41.5 Å². The Hall–Kier alpha value is -0.415. The Labute approximate surface area is 118 Å². The van der Waals surface area contributed by atoms with Crippen molar-refractivity contribution in [1.29, 1.82) is 0 Å². The molecule has 0 saturated carbocycles. The van der Waals surface area contributed by atoms with Crippen molar-refractivity contribution in [2.45, 2.75) is 38.9 Å². The van der Waals surface area contributed by atoms with Gasteiger partial charge in [-0.3, -0.25) is 0 Å². The maximum Gasteiger partial charge on any atom is 0.496 e. The van der Waals surface area contributed by atoms with E-state index in [1.54, 1.807) is 12.1 Å². The summed E-state index contributed by atoms with van der Waals surface area (Å²) in [6, 6.07) is 3.49. The molecule has 1 saturated heterocycles. The highest BCUT2D eigenvalue weighted by Gasteiger charge is 2.52. The first-order valence-corrected chi connectivity index (χ1v) is 6.50. The van der Waals surface area contributed by atoms with Gasteiger partial charge in [0.15, 0.2) is 0 Å². The normalized spacial score (nSPS) is 21.3. The van der Waals surface area contributed by atoms with Crippen LogP contribution in [-0.2, 0) is 9.31 Å². The second-order valence-electron chi connectivity index (χ2n) is 5.46. The average Bonchev–Trinajstić information content (AvgIpc) is 2.45. The zero-order valence-corrected chi connectivity index (χ0v) is 12.4. The lowest BCUT2D eigenvalue weighted by Crippen LogP contribution is -2.41. The largest absolute Gasteiger partial charge is 0.496 e. The van der Waals surface area contributed by atoms with E-state index in [1.165, 1.54) is 0 Å². The first kappa shape index (κ1) is 14.0. The van der Waals surface area contributed by atoms with E-state index < -0.39 is 18.3 Å². The maximum atomic E-state index is 6.19. The lowest BCUT2D eigenvalue weighted by molar-refractivity contribution is 0.00578. The summed E-state index contributed by atoms with van der Waals surface area (Å²) < 4.78 is 11.8. The Morgan fingerprint density at radius 2 is 1.50 bits per heavy atom. The highest BCUT2D eigenvalue weighted by molar-refractivity contribution is 6.67. The molecule has 1 heterocycles. The van der Waals surface area contributed by atoms with Gasteiger partial charge < -0.3 is 15.0 Å². The summed E-state index contributed by atoms with van der Waals surface area (Å²) in [5.41, 5.74) is 6.03. The average molecular weight is 288 g/mol. The number of nitrogens with two attached hydrogens (primary N) is 1. The minimum atomic E-state index is -0.527. The second kappa shape index (κ2) is 4.31. The molecule has 0 bridgehead atoms. The van der Waals surface area contributed by atoms with Crippen LogP contribution in [-0.4, -0.2) is 18.3 Å². The number of nitrogen functional groups attached to an aromatic ring is 1. The van der Waals surface area contributed by atoms with Gasteiger partial charge in [-0.2, -0.15) is 0 Å². The van der Waals surface area contributed by atoms with Crippen LogP contribution < -0.4 is 11.2 Å². The topological polar surface area (TPSA) is 44.5 Å². The van der Waals surface area contributed by atoms with Gasteiger partial charge >= 0.3 is 7.12 Å². The van der Waals surface area contributed by atoms with Gasteiger partial charge in [-0.15, -0.1) is 0 Å². The van der Waals surface area contributed by atoms with Crippen molar-refractivity contribution in [1.82, 2.24) is 0 Å². The monoisotopic (exact) mass is 287 g/mol. The molecular formula is C12H16BCl2NO2. The fourth-order valence-electron chi connectivity index (χ4n) is 1.73. The fraction of sp³-hybridized carbons (Fsp3) is 0.500. The molecule has 0 atom stereocenters. The number of benzene rings is 1. The molecule has 2 rings (SSSR count). The van der Waals surface area contributed by atoms with Crippen LogP contribution >= 0.6 is 23.2 Å². The highest BCUT2D eigenvalue weighted by Crippen LogP contribution is 2.38. The van der Waals surface area contributed by atoms with Crippen molar-refractivity contribution < 1.29 is 9.31 Å². The summed E-state index contributed by atoms with van der Waals surface area (Å²) >= 11 is 12.2. The molecule has 1 aromatic carbocycles. The Morgan fingerprint density at radius 1 is 1.00 bits per heavy atom. The van der Waals surface area contributed by atoms with Gasteiger partial charge in [-0.05, 0) is 33.8 Å². The van der Waals surface area contributed by atoms with E-state index in [1.807, 2.05) is 27.7 Å². The molecule has 1 fully saturated rings. The lowest BCUT2D eigenvalue weighted by Gasteiger charge is -2.32. The molecule has 3 nitrogen and oxygen atoms in total. The molecule has 0 aromatic heterocycles. The van der Waals surface area contributed by atoms with E-state index in [-0.39, 0.29) is 0 Å². The van der Waals surface area contributed by atoms with Crippen molar-refractivity contribution in [2.75, 3.05) is 5.73 Å². The Morgan fingerprint density at radius 3 is 2.00 bits per heavy atom. The Bertz CT molecular complexity index is 475. The van der Waals surface area contributed by atoms with Crippen molar-refractivity contribution in [2.24, 2.45) is 0 Å². The predicted octanol–water partition coefficient (Wildman–Crippen LogP) is 2.87. The Balaban J connectivity index is 2.39. The van der Waals surface area contributed by atoms with Crippen molar-refractivity contribution in [3.05, 3.63) is 22.2 Å². The first-order chi connectivity index (χ1) is 8.16. The second-order valence-corrected chi connectivity index (χ2v) is 6.22. The van der Waals surface area contributed by atoms with Crippen molar-refractivity contribution in [3.63, 3.8) is 0 Å². The molecule has 0 aliphatic carbocycles. The van der Waals surface area contributed by atoms with Crippen LogP contribution in [0, 0.1) is 0 Å². The zero-order valence-electron chi connectivity index (χ0n) is 10.9. The number of hydrogen-bond acceptors (Lipinski definition) is 3. The van der Waals surface area contributed by atoms with Crippen LogP contribution in [0.3, 0.4) is 0 Å². The molecule has 0 amide bonds. The SMILES string of the molecule is CC1(C)OB(c2ccc(N)c(Cl)c2Cl)OC1(C)C. The van der Waals surface area contributed by atoms with Gasteiger partial charge in [-0.1, -0.05) is 29.3 Å². The minimum Gasteiger partial charge on any atom is -0.399 e. The van der Waals surface area contributed by atoms with E-state index in [9.17, 15) is 0 Å². The molecule has 1 aliphatic rings. The number of halogens is 2. The maximum absolute atomic E-state index is 6.19. The standard InChI is InChI=1S/C12H16BCl2NO2/c1-11(2)12(3,4)18-13(17-11)7-5-6-8(16)10(15)9(7)14/h5-6H,16H2,1-4H3. The van der Waals surface area contributed by atoms with E-state index in [0.29, 0.717) is 21.2 Å². The van der Waals surface area contributed by atoms with Gasteiger partial charge in [-0.25, -0.2) is 0 Å². The number of anilines is 1. The van der Waals surface area contributed by atoms with Gasteiger partial charge in [0.2, 0.25) is 0 Å². The number of rotatable bonds is 1. The molecule has 1 aliphatic heterocycles. The smallest absolute Gasteiger partial charge is 0.399 e. The minimum absolute atomic E-state index is 0.337.